The van der Waals surface area contributed by atoms with Crippen LogP contribution in [-0.4, -0.2) is 72.4 Å². The van der Waals surface area contributed by atoms with Gasteiger partial charge in [-0.15, -0.1) is 0 Å². The Bertz CT molecular complexity index is 232. The molecule has 0 aliphatic heterocycles. The number of ether oxygens (including phenoxy) is 2. The van der Waals surface area contributed by atoms with E-state index in [0.717, 1.165) is 13.1 Å². The van der Waals surface area contributed by atoms with E-state index in [1.54, 1.807) is 0 Å². The number of likely N-dealkylation sites (N-methyl/N-ethyl adjacent to an activating group) is 2. The van der Waals surface area contributed by atoms with Gasteiger partial charge in [-0.1, -0.05) is 19.6 Å². The highest BCUT2D eigenvalue weighted by Gasteiger charge is 2.13. The van der Waals surface area contributed by atoms with Crippen molar-refractivity contribution in [1.29, 1.82) is 0 Å². The fourth-order valence-electron chi connectivity index (χ4n) is 1.14. The van der Waals surface area contributed by atoms with Gasteiger partial charge in [-0.25, -0.2) is 0 Å². The maximum absolute atomic E-state index is 5.72. The van der Waals surface area contributed by atoms with Gasteiger partial charge in [0.2, 0.25) is 0 Å². The second-order valence-electron chi connectivity index (χ2n) is 6.13. The normalized spacial score (nSPS) is 11.8. The lowest BCUT2D eigenvalue weighted by atomic mass is 10.6. The van der Waals surface area contributed by atoms with Crippen LogP contribution in [0.15, 0.2) is 11.6 Å². The maximum atomic E-state index is 5.72. The Labute approximate surface area is 114 Å². The summed E-state index contributed by atoms with van der Waals surface area (Å²) < 4.78 is 11.4. The van der Waals surface area contributed by atoms with Gasteiger partial charge in [0.25, 0.3) is 5.95 Å². The molecule has 108 valence electrons. The van der Waals surface area contributed by atoms with Crippen molar-refractivity contribution in [3.8, 4) is 0 Å². The molecule has 0 aliphatic carbocycles. The van der Waals surface area contributed by atoms with Crippen LogP contribution in [0.4, 0.5) is 0 Å². The van der Waals surface area contributed by atoms with E-state index in [1.165, 1.54) is 0 Å². The second-order valence-corrected chi connectivity index (χ2v) is 11.2. The number of rotatable bonds is 9. The zero-order chi connectivity index (χ0) is 14.2. The molecule has 4 nitrogen and oxygen atoms in total. The Morgan fingerprint density at radius 3 is 1.56 bits per heavy atom. The predicted octanol–water partition coefficient (Wildman–Crippen LogP) is 1.86. The highest BCUT2D eigenvalue weighted by atomic mass is 28.3. The third-order valence-corrected chi connectivity index (χ3v) is 3.22. The molecular weight excluding hydrogens is 244 g/mol. The largest absolute Gasteiger partial charge is 0.465 e. The smallest absolute Gasteiger partial charge is 0.270 e. The summed E-state index contributed by atoms with van der Waals surface area (Å²) in [6.45, 7) is 9.98. The summed E-state index contributed by atoms with van der Waals surface area (Å²) in [4.78, 5) is 4.21. The van der Waals surface area contributed by atoms with Crippen molar-refractivity contribution in [1.82, 2.24) is 9.80 Å². The monoisotopic (exact) mass is 274 g/mol. The lowest BCUT2D eigenvalue weighted by Crippen LogP contribution is -2.23. The van der Waals surface area contributed by atoms with E-state index in [-0.39, 0.29) is 0 Å². The fraction of sp³-hybridized carbons (Fsp3) is 0.846. The van der Waals surface area contributed by atoms with Gasteiger partial charge in [0, 0.05) is 13.1 Å². The van der Waals surface area contributed by atoms with Crippen molar-refractivity contribution in [2.24, 2.45) is 0 Å². The molecule has 0 amide bonds. The first-order valence-corrected chi connectivity index (χ1v) is 10.1. The average molecular weight is 274 g/mol. The van der Waals surface area contributed by atoms with Gasteiger partial charge in [0.05, 0.1) is 8.07 Å². The average Bonchev–Trinajstić information content (AvgIpc) is 2.13. The summed E-state index contributed by atoms with van der Waals surface area (Å²) in [6.07, 6.45) is 0. The van der Waals surface area contributed by atoms with E-state index in [1.807, 2.05) is 28.2 Å². The van der Waals surface area contributed by atoms with E-state index in [4.69, 9.17) is 9.47 Å². The van der Waals surface area contributed by atoms with Gasteiger partial charge >= 0.3 is 0 Å². The Hall–Kier alpha value is -0.523. The van der Waals surface area contributed by atoms with Crippen LogP contribution in [0, 0.1) is 0 Å². The van der Waals surface area contributed by atoms with Gasteiger partial charge < -0.3 is 19.3 Å². The first kappa shape index (κ1) is 17.5. The zero-order valence-electron chi connectivity index (χ0n) is 13.1. The molecule has 0 unspecified atom stereocenters. The fourth-order valence-corrected chi connectivity index (χ4v) is 2.01. The molecule has 0 spiro atoms. The summed E-state index contributed by atoms with van der Waals surface area (Å²) >= 11 is 0. The Morgan fingerprint density at radius 2 is 1.28 bits per heavy atom. The van der Waals surface area contributed by atoms with Crippen LogP contribution >= 0.6 is 0 Å². The molecule has 0 atom stereocenters. The molecule has 0 heterocycles. The first-order chi connectivity index (χ1) is 8.20. The van der Waals surface area contributed by atoms with Crippen molar-refractivity contribution >= 4 is 8.07 Å². The van der Waals surface area contributed by atoms with Crippen LogP contribution in [-0.2, 0) is 9.47 Å². The Kier molecular flexibility index (Phi) is 8.31. The number of hydrogen-bond donors (Lipinski definition) is 0. The van der Waals surface area contributed by atoms with Crippen LogP contribution in [0.5, 0.6) is 0 Å². The summed E-state index contributed by atoms with van der Waals surface area (Å²) in [5, 5.41) is 0. The lowest BCUT2D eigenvalue weighted by Gasteiger charge is -2.18. The summed E-state index contributed by atoms with van der Waals surface area (Å²) in [5.41, 5.74) is 2.18. The van der Waals surface area contributed by atoms with E-state index in [9.17, 15) is 0 Å². The molecule has 0 aliphatic rings. The molecule has 0 saturated carbocycles. The van der Waals surface area contributed by atoms with Crippen molar-refractivity contribution < 1.29 is 9.47 Å². The number of nitrogens with zero attached hydrogens (tertiary/aromatic N) is 2. The minimum absolute atomic E-state index is 0.672. The van der Waals surface area contributed by atoms with Gasteiger partial charge in [-0.05, 0) is 33.9 Å². The van der Waals surface area contributed by atoms with Crippen LogP contribution in [0.3, 0.4) is 0 Å². The van der Waals surface area contributed by atoms with Crippen molar-refractivity contribution in [3.63, 3.8) is 0 Å². The van der Waals surface area contributed by atoms with Gasteiger partial charge in [0.1, 0.15) is 13.2 Å². The summed E-state index contributed by atoms with van der Waals surface area (Å²) in [6, 6.07) is 0. The minimum atomic E-state index is -1.31. The lowest BCUT2D eigenvalue weighted by molar-refractivity contribution is 0.0262. The van der Waals surface area contributed by atoms with E-state index in [2.05, 4.69) is 35.1 Å². The third kappa shape index (κ3) is 11.9. The predicted molar refractivity (Wildman–Crippen MR) is 80.4 cm³/mol. The maximum Gasteiger partial charge on any atom is 0.270 e. The molecule has 0 saturated heterocycles. The van der Waals surface area contributed by atoms with Crippen molar-refractivity contribution in [2.45, 2.75) is 19.6 Å². The quantitative estimate of drug-likeness (QED) is 0.473. The second kappa shape index (κ2) is 8.56. The molecule has 0 aromatic heterocycles. The highest BCUT2D eigenvalue weighted by Crippen LogP contribution is 2.09. The molecule has 0 bridgehead atoms. The third-order valence-electron chi connectivity index (χ3n) is 2.12. The topological polar surface area (TPSA) is 24.9 Å². The molecule has 0 aromatic carbocycles. The first-order valence-electron chi connectivity index (χ1n) is 6.48. The van der Waals surface area contributed by atoms with Crippen molar-refractivity contribution in [3.05, 3.63) is 11.6 Å². The van der Waals surface area contributed by atoms with Crippen molar-refractivity contribution in [2.75, 3.05) is 54.5 Å². The Morgan fingerprint density at radius 1 is 0.889 bits per heavy atom. The van der Waals surface area contributed by atoms with Gasteiger partial charge in [0.15, 0.2) is 0 Å². The standard InChI is InChI=1S/C13H30N2O2Si/c1-14(2)8-10-16-13(12-18(5,6)7)17-11-9-15(3)4/h12H,8-11H2,1-7H3. The van der Waals surface area contributed by atoms with Crippen LogP contribution < -0.4 is 0 Å². The molecular formula is C13H30N2O2Si. The minimum Gasteiger partial charge on any atom is -0.465 e. The van der Waals surface area contributed by atoms with Crippen LogP contribution in [0.2, 0.25) is 19.6 Å². The SMILES string of the molecule is CN(C)CCOC(=C[Si](C)(C)C)OCCN(C)C. The highest BCUT2D eigenvalue weighted by molar-refractivity contribution is 6.81. The molecule has 0 fully saturated rings. The van der Waals surface area contributed by atoms with E-state index in [0.29, 0.717) is 19.2 Å². The summed E-state index contributed by atoms with van der Waals surface area (Å²) in [5.74, 6) is 0.706. The molecule has 0 rings (SSSR count). The molecule has 0 N–H and O–H groups in total. The van der Waals surface area contributed by atoms with Crippen LogP contribution in [0.25, 0.3) is 0 Å². The molecule has 5 heteroatoms. The van der Waals surface area contributed by atoms with Crippen LogP contribution in [0.1, 0.15) is 0 Å². The summed E-state index contributed by atoms with van der Waals surface area (Å²) in [7, 11) is 6.85. The number of hydrogen-bond acceptors (Lipinski definition) is 4. The molecule has 0 aromatic rings. The van der Waals surface area contributed by atoms with E-state index >= 15 is 0 Å². The molecule has 0 radical (unpaired) electrons. The Balaban J connectivity index is 4.22. The van der Waals surface area contributed by atoms with Gasteiger partial charge in [-0.2, -0.15) is 0 Å². The van der Waals surface area contributed by atoms with E-state index < -0.39 is 8.07 Å². The van der Waals surface area contributed by atoms with Gasteiger partial charge in [-0.3, -0.25) is 0 Å². The zero-order valence-corrected chi connectivity index (χ0v) is 14.1. The molecule has 18 heavy (non-hydrogen) atoms.